The van der Waals surface area contributed by atoms with Gasteiger partial charge in [0.1, 0.15) is 0 Å². The molecule has 0 bridgehead atoms. The number of aryl methyl sites for hydroxylation is 1. The summed E-state index contributed by atoms with van der Waals surface area (Å²) in [6.45, 7) is 7.76. The molecule has 1 aliphatic rings. The Morgan fingerprint density at radius 1 is 1.38 bits per heavy atom. The fourth-order valence-electron chi connectivity index (χ4n) is 1.88. The third-order valence-electron chi connectivity index (χ3n) is 3.10. The van der Waals surface area contributed by atoms with Gasteiger partial charge in [0.25, 0.3) is 0 Å². The van der Waals surface area contributed by atoms with E-state index in [-0.39, 0.29) is 0 Å². The minimum atomic E-state index is 1.03. The van der Waals surface area contributed by atoms with E-state index in [2.05, 4.69) is 39.0 Å². The van der Waals surface area contributed by atoms with Crippen LogP contribution < -0.4 is 0 Å². The molecule has 4 nitrogen and oxygen atoms in total. The van der Waals surface area contributed by atoms with E-state index < -0.39 is 0 Å². The quantitative estimate of drug-likeness (QED) is 0.824. The molecule has 0 atom stereocenters. The van der Waals surface area contributed by atoms with Gasteiger partial charge in [-0.15, -0.1) is 0 Å². The van der Waals surface area contributed by atoms with Crippen LogP contribution in [-0.4, -0.2) is 59.5 Å². The molecular formula is C12H20N4. The van der Waals surface area contributed by atoms with Crippen LogP contribution in [-0.2, 0) is 0 Å². The van der Waals surface area contributed by atoms with Crippen molar-refractivity contribution in [2.45, 2.75) is 6.92 Å². The molecular weight excluding hydrogens is 200 g/mol. The van der Waals surface area contributed by atoms with E-state index in [0.717, 1.165) is 17.9 Å². The highest BCUT2D eigenvalue weighted by Crippen LogP contribution is 2.04. The molecule has 1 N–H and O–H groups in total. The molecule has 0 unspecified atom stereocenters. The van der Waals surface area contributed by atoms with E-state index in [1.807, 2.05) is 6.92 Å². The van der Waals surface area contributed by atoms with Gasteiger partial charge in [0.15, 0.2) is 0 Å². The number of nitrogens with zero attached hydrogens (tertiary/aromatic N) is 3. The number of hydrogen-bond acceptors (Lipinski definition) is 3. The Morgan fingerprint density at radius 2 is 2.12 bits per heavy atom. The molecule has 1 aromatic heterocycles. The van der Waals surface area contributed by atoms with Crippen molar-refractivity contribution < 1.29 is 0 Å². The molecule has 1 saturated heterocycles. The maximum atomic E-state index is 4.24. The molecule has 1 aromatic rings. The predicted molar refractivity (Wildman–Crippen MR) is 66.3 cm³/mol. The zero-order valence-corrected chi connectivity index (χ0v) is 10.1. The number of rotatable bonds is 3. The van der Waals surface area contributed by atoms with Crippen LogP contribution in [0.1, 0.15) is 11.4 Å². The summed E-state index contributed by atoms with van der Waals surface area (Å²) in [5.74, 6) is 0. The molecule has 2 heterocycles. The van der Waals surface area contributed by atoms with Crippen LogP contribution in [0.15, 0.2) is 12.4 Å². The number of likely N-dealkylation sites (N-methyl/N-ethyl adjacent to an activating group) is 1. The minimum absolute atomic E-state index is 1.03. The number of aromatic amines is 1. The number of aromatic nitrogens is 2. The maximum Gasteiger partial charge on any atom is 0.0929 e. The summed E-state index contributed by atoms with van der Waals surface area (Å²) in [6.07, 6.45) is 6.05. The maximum absolute atomic E-state index is 4.24. The normalized spacial score (nSPS) is 19.6. The van der Waals surface area contributed by atoms with Gasteiger partial charge >= 0.3 is 0 Å². The second-order valence-electron chi connectivity index (χ2n) is 4.42. The van der Waals surface area contributed by atoms with E-state index in [1.165, 1.54) is 26.2 Å². The van der Waals surface area contributed by atoms with Gasteiger partial charge in [-0.2, -0.15) is 0 Å². The van der Waals surface area contributed by atoms with Gasteiger partial charge in [-0.05, 0) is 20.0 Å². The molecule has 16 heavy (non-hydrogen) atoms. The molecule has 4 heteroatoms. The number of H-pyrrole nitrogens is 1. The molecule has 0 radical (unpaired) electrons. The van der Waals surface area contributed by atoms with Crippen molar-refractivity contribution in [2.75, 3.05) is 39.8 Å². The summed E-state index contributed by atoms with van der Waals surface area (Å²) >= 11 is 0. The second kappa shape index (κ2) is 5.27. The van der Waals surface area contributed by atoms with E-state index in [1.54, 1.807) is 6.33 Å². The summed E-state index contributed by atoms with van der Waals surface area (Å²) in [6, 6.07) is 0. The summed E-state index contributed by atoms with van der Waals surface area (Å²) in [5, 5.41) is 0. The molecule has 0 aliphatic carbocycles. The third kappa shape index (κ3) is 2.93. The lowest BCUT2D eigenvalue weighted by Gasteiger charge is -2.31. The van der Waals surface area contributed by atoms with E-state index in [4.69, 9.17) is 0 Å². The average molecular weight is 220 g/mol. The first kappa shape index (κ1) is 11.4. The number of nitrogens with one attached hydrogen (secondary N) is 1. The highest BCUT2D eigenvalue weighted by molar-refractivity contribution is 5.46. The van der Waals surface area contributed by atoms with E-state index in [0.29, 0.717) is 0 Å². The van der Waals surface area contributed by atoms with Crippen molar-refractivity contribution in [1.82, 2.24) is 19.8 Å². The van der Waals surface area contributed by atoms with Crippen molar-refractivity contribution in [2.24, 2.45) is 0 Å². The molecule has 1 fully saturated rings. The Hall–Kier alpha value is -1.13. The van der Waals surface area contributed by atoms with Crippen molar-refractivity contribution in [3.8, 4) is 0 Å². The first-order valence-corrected chi connectivity index (χ1v) is 5.83. The average Bonchev–Trinajstić information content (AvgIpc) is 2.68. The van der Waals surface area contributed by atoms with Crippen molar-refractivity contribution >= 4 is 6.08 Å². The zero-order chi connectivity index (χ0) is 11.4. The van der Waals surface area contributed by atoms with E-state index >= 15 is 0 Å². The highest BCUT2D eigenvalue weighted by atomic mass is 15.2. The van der Waals surface area contributed by atoms with E-state index in [9.17, 15) is 0 Å². The molecule has 0 saturated carbocycles. The predicted octanol–water partition coefficient (Wildman–Crippen LogP) is 0.979. The number of hydrogen-bond donors (Lipinski definition) is 1. The van der Waals surface area contributed by atoms with Crippen molar-refractivity contribution in [3.05, 3.63) is 23.8 Å². The Bertz CT molecular complexity index is 348. The molecule has 88 valence electrons. The van der Waals surface area contributed by atoms with Crippen LogP contribution >= 0.6 is 0 Å². The van der Waals surface area contributed by atoms with Crippen LogP contribution in [0.3, 0.4) is 0 Å². The summed E-state index contributed by atoms with van der Waals surface area (Å²) in [4.78, 5) is 12.2. The van der Waals surface area contributed by atoms with Gasteiger partial charge in [-0.3, -0.25) is 4.90 Å². The highest BCUT2D eigenvalue weighted by Gasteiger charge is 2.11. The molecule has 0 aromatic carbocycles. The lowest BCUT2D eigenvalue weighted by Crippen LogP contribution is -2.44. The standard InChI is InChI=1S/C12H20N4/c1-11-12(14-10-13-11)4-3-5-16-8-6-15(2)7-9-16/h3-4,10H,5-9H2,1-2H3,(H,13,14)/b4-3-. The van der Waals surface area contributed by atoms with Crippen LogP contribution in [0, 0.1) is 6.92 Å². The van der Waals surface area contributed by atoms with Crippen LogP contribution in [0.25, 0.3) is 6.08 Å². The Labute approximate surface area is 97.0 Å². The molecule has 0 spiro atoms. The topological polar surface area (TPSA) is 35.2 Å². The van der Waals surface area contributed by atoms with Gasteiger partial charge in [-0.1, -0.05) is 6.08 Å². The lowest BCUT2D eigenvalue weighted by atomic mass is 10.3. The first-order valence-electron chi connectivity index (χ1n) is 5.83. The molecule has 2 rings (SSSR count). The summed E-state index contributed by atoms with van der Waals surface area (Å²) < 4.78 is 0. The fourth-order valence-corrected chi connectivity index (χ4v) is 1.88. The van der Waals surface area contributed by atoms with Gasteiger partial charge in [-0.25, -0.2) is 4.98 Å². The fraction of sp³-hybridized carbons (Fsp3) is 0.583. The lowest BCUT2D eigenvalue weighted by molar-refractivity contribution is 0.167. The van der Waals surface area contributed by atoms with Crippen LogP contribution in [0.2, 0.25) is 0 Å². The van der Waals surface area contributed by atoms with Gasteiger partial charge in [0.05, 0.1) is 12.0 Å². The Morgan fingerprint density at radius 3 is 2.75 bits per heavy atom. The van der Waals surface area contributed by atoms with Gasteiger partial charge in [0.2, 0.25) is 0 Å². The van der Waals surface area contributed by atoms with Crippen LogP contribution in [0.4, 0.5) is 0 Å². The van der Waals surface area contributed by atoms with Crippen molar-refractivity contribution in [1.29, 1.82) is 0 Å². The Kier molecular flexibility index (Phi) is 3.74. The zero-order valence-electron chi connectivity index (χ0n) is 10.1. The van der Waals surface area contributed by atoms with Crippen LogP contribution in [0.5, 0.6) is 0 Å². The smallest absolute Gasteiger partial charge is 0.0929 e. The second-order valence-corrected chi connectivity index (χ2v) is 4.42. The van der Waals surface area contributed by atoms with Gasteiger partial charge in [0, 0.05) is 38.4 Å². The van der Waals surface area contributed by atoms with Gasteiger partial charge < -0.3 is 9.88 Å². The Balaban J connectivity index is 1.79. The monoisotopic (exact) mass is 220 g/mol. The number of imidazole rings is 1. The minimum Gasteiger partial charge on any atom is -0.348 e. The molecule has 1 aliphatic heterocycles. The third-order valence-corrected chi connectivity index (χ3v) is 3.10. The summed E-state index contributed by atoms with van der Waals surface area (Å²) in [7, 11) is 2.18. The summed E-state index contributed by atoms with van der Waals surface area (Å²) in [5.41, 5.74) is 2.18. The molecule has 0 amide bonds. The number of piperazine rings is 1. The largest absolute Gasteiger partial charge is 0.348 e. The first-order chi connectivity index (χ1) is 7.75. The SMILES string of the molecule is Cc1[nH]cnc1/C=C\CN1CCN(C)CC1. The van der Waals surface area contributed by atoms with Crippen molar-refractivity contribution in [3.63, 3.8) is 0 Å².